The van der Waals surface area contributed by atoms with Gasteiger partial charge in [-0.05, 0) is 15.9 Å². The van der Waals surface area contributed by atoms with Gasteiger partial charge in [0.15, 0.2) is 0 Å². The molecule has 0 bridgehead atoms. The Bertz CT molecular complexity index is 289. The molecule has 0 aromatic carbocycles. The monoisotopic (exact) mass is 246 g/mol. The van der Waals surface area contributed by atoms with Crippen LogP contribution in [-0.2, 0) is 9.47 Å². The van der Waals surface area contributed by atoms with Crippen LogP contribution in [0.5, 0.6) is 0 Å². The van der Waals surface area contributed by atoms with Crippen molar-refractivity contribution in [2.24, 2.45) is 0 Å². The lowest BCUT2D eigenvalue weighted by atomic mass is 10.2. The van der Waals surface area contributed by atoms with Crippen molar-refractivity contribution in [2.45, 2.75) is 12.1 Å². The molecule has 1 aliphatic rings. The van der Waals surface area contributed by atoms with Crippen LogP contribution in [0.2, 0.25) is 0 Å². The van der Waals surface area contributed by atoms with Crippen molar-refractivity contribution in [3.63, 3.8) is 0 Å². The zero-order valence-corrected chi connectivity index (χ0v) is 8.90. The summed E-state index contributed by atoms with van der Waals surface area (Å²) < 4.78 is 13.5. The Kier molecular flexibility index (Phi) is 2.66. The van der Waals surface area contributed by atoms with Crippen LogP contribution in [0, 0.1) is 0 Å². The molecule has 1 aromatic heterocycles. The van der Waals surface area contributed by atoms with Crippen LogP contribution < -0.4 is 0 Å². The maximum absolute atomic E-state index is 5.32. The zero-order chi connectivity index (χ0) is 9.26. The summed E-state index contributed by atoms with van der Waals surface area (Å²) in [6, 6.07) is 0.205. The summed E-state index contributed by atoms with van der Waals surface area (Å²) in [5.41, 5.74) is 0. The van der Waals surface area contributed by atoms with Crippen LogP contribution in [0.15, 0.2) is 16.9 Å². The number of rotatable bonds is 2. The summed E-state index contributed by atoms with van der Waals surface area (Å²) in [4.78, 5) is 0. The molecule has 2 rings (SSSR count). The Balaban J connectivity index is 2.15. The van der Waals surface area contributed by atoms with E-state index in [2.05, 4.69) is 21.0 Å². The Morgan fingerprint density at radius 3 is 3.15 bits per heavy atom. The normalized spacial score (nSPS) is 28.2. The van der Waals surface area contributed by atoms with Gasteiger partial charge in [-0.15, -0.1) is 0 Å². The second-order valence-electron chi connectivity index (χ2n) is 3.02. The lowest BCUT2D eigenvalue weighted by Crippen LogP contribution is -2.24. The van der Waals surface area contributed by atoms with Gasteiger partial charge in [-0.3, -0.25) is 4.68 Å². The molecule has 2 heterocycles. The molecule has 13 heavy (non-hydrogen) atoms. The molecule has 72 valence electrons. The summed E-state index contributed by atoms with van der Waals surface area (Å²) in [6.45, 7) is 1.32. The molecule has 0 amide bonds. The van der Waals surface area contributed by atoms with E-state index in [9.17, 15) is 0 Å². The molecule has 0 aliphatic carbocycles. The number of aromatic nitrogens is 2. The van der Waals surface area contributed by atoms with Crippen LogP contribution in [0.3, 0.4) is 0 Å². The predicted molar refractivity (Wildman–Crippen MR) is 50.6 cm³/mol. The number of hydrogen-bond donors (Lipinski definition) is 0. The molecule has 1 fully saturated rings. The van der Waals surface area contributed by atoms with Gasteiger partial charge in [0.05, 0.1) is 23.9 Å². The number of methoxy groups -OCH3 is 1. The minimum Gasteiger partial charge on any atom is -0.377 e. The van der Waals surface area contributed by atoms with E-state index in [1.54, 1.807) is 13.3 Å². The summed E-state index contributed by atoms with van der Waals surface area (Å²) in [7, 11) is 1.70. The standard InChI is InChI=1S/C8H11BrN2O2/c1-12-8-5-13-4-7(8)11-3-6(9)2-10-11/h2-3,7-8H,4-5H2,1H3/t7?,8-/m1/s1. The smallest absolute Gasteiger partial charge is 0.105 e. The third-order valence-electron chi connectivity index (χ3n) is 2.21. The highest BCUT2D eigenvalue weighted by molar-refractivity contribution is 9.10. The van der Waals surface area contributed by atoms with Gasteiger partial charge in [0.25, 0.3) is 0 Å². The number of halogens is 1. The molecular weight excluding hydrogens is 236 g/mol. The lowest BCUT2D eigenvalue weighted by molar-refractivity contribution is 0.0665. The Morgan fingerprint density at radius 2 is 2.54 bits per heavy atom. The third-order valence-corrected chi connectivity index (χ3v) is 2.62. The van der Waals surface area contributed by atoms with Gasteiger partial charge >= 0.3 is 0 Å². The van der Waals surface area contributed by atoms with Crippen LogP contribution in [0.1, 0.15) is 6.04 Å². The molecular formula is C8H11BrN2O2. The number of hydrogen-bond acceptors (Lipinski definition) is 3. The van der Waals surface area contributed by atoms with Crippen molar-refractivity contribution in [2.75, 3.05) is 20.3 Å². The van der Waals surface area contributed by atoms with Gasteiger partial charge in [-0.1, -0.05) is 0 Å². The maximum atomic E-state index is 5.32. The van der Waals surface area contributed by atoms with Gasteiger partial charge in [0, 0.05) is 13.3 Å². The quantitative estimate of drug-likeness (QED) is 0.788. The SMILES string of the molecule is CO[C@@H]1COCC1n1cc(Br)cn1. The van der Waals surface area contributed by atoms with Crippen LogP contribution >= 0.6 is 15.9 Å². The van der Waals surface area contributed by atoms with E-state index in [0.29, 0.717) is 13.2 Å². The van der Waals surface area contributed by atoms with E-state index < -0.39 is 0 Å². The van der Waals surface area contributed by atoms with Gasteiger partial charge in [-0.25, -0.2) is 0 Å². The molecule has 1 aliphatic heterocycles. The second kappa shape index (κ2) is 3.77. The highest BCUT2D eigenvalue weighted by Crippen LogP contribution is 2.22. The first-order valence-corrected chi connectivity index (χ1v) is 4.91. The molecule has 4 nitrogen and oxygen atoms in total. The molecule has 0 N–H and O–H groups in total. The van der Waals surface area contributed by atoms with Crippen molar-refractivity contribution >= 4 is 15.9 Å². The van der Waals surface area contributed by atoms with E-state index in [1.165, 1.54) is 0 Å². The molecule has 0 saturated carbocycles. The summed E-state index contributed by atoms with van der Waals surface area (Å²) >= 11 is 3.36. The molecule has 0 spiro atoms. The summed E-state index contributed by atoms with van der Waals surface area (Å²) in [5.74, 6) is 0. The summed E-state index contributed by atoms with van der Waals surface area (Å²) in [6.07, 6.45) is 3.82. The summed E-state index contributed by atoms with van der Waals surface area (Å²) in [5, 5.41) is 4.21. The van der Waals surface area contributed by atoms with Crippen molar-refractivity contribution in [1.82, 2.24) is 9.78 Å². The van der Waals surface area contributed by atoms with E-state index in [-0.39, 0.29) is 12.1 Å². The van der Waals surface area contributed by atoms with E-state index >= 15 is 0 Å². The minimum atomic E-state index is 0.117. The second-order valence-corrected chi connectivity index (χ2v) is 3.93. The molecule has 2 atom stereocenters. The van der Waals surface area contributed by atoms with Gasteiger partial charge in [-0.2, -0.15) is 5.10 Å². The zero-order valence-electron chi connectivity index (χ0n) is 7.31. The number of ether oxygens (including phenoxy) is 2. The van der Waals surface area contributed by atoms with E-state index in [1.807, 2.05) is 10.9 Å². The van der Waals surface area contributed by atoms with Gasteiger partial charge in [0.1, 0.15) is 12.1 Å². The first-order valence-electron chi connectivity index (χ1n) is 4.11. The maximum Gasteiger partial charge on any atom is 0.105 e. The fourth-order valence-corrected chi connectivity index (χ4v) is 1.79. The van der Waals surface area contributed by atoms with Crippen molar-refractivity contribution in [1.29, 1.82) is 0 Å². The first kappa shape index (κ1) is 9.18. The average molecular weight is 247 g/mol. The molecule has 1 unspecified atom stereocenters. The van der Waals surface area contributed by atoms with Crippen LogP contribution in [-0.4, -0.2) is 36.2 Å². The van der Waals surface area contributed by atoms with Gasteiger partial charge < -0.3 is 9.47 Å². The minimum absolute atomic E-state index is 0.117. The Labute approximate surface area is 85.0 Å². The topological polar surface area (TPSA) is 36.3 Å². The molecule has 0 radical (unpaired) electrons. The first-order chi connectivity index (χ1) is 6.31. The van der Waals surface area contributed by atoms with Crippen molar-refractivity contribution < 1.29 is 9.47 Å². The van der Waals surface area contributed by atoms with E-state index in [4.69, 9.17) is 9.47 Å². The van der Waals surface area contributed by atoms with Crippen LogP contribution in [0.25, 0.3) is 0 Å². The van der Waals surface area contributed by atoms with E-state index in [0.717, 1.165) is 4.47 Å². The highest BCUT2D eigenvalue weighted by Gasteiger charge is 2.30. The largest absolute Gasteiger partial charge is 0.377 e. The third kappa shape index (κ3) is 1.77. The number of nitrogens with zero attached hydrogens (tertiary/aromatic N) is 2. The Hall–Kier alpha value is -0.390. The van der Waals surface area contributed by atoms with Crippen molar-refractivity contribution in [3.8, 4) is 0 Å². The van der Waals surface area contributed by atoms with Crippen molar-refractivity contribution in [3.05, 3.63) is 16.9 Å². The average Bonchev–Trinajstić information content (AvgIpc) is 2.71. The fraction of sp³-hybridized carbons (Fsp3) is 0.625. The predicted octanol–water partition coefficient (Wildman–Crippen LogP) is 1.23. The molecule has 1 saturated heterocycles. The Morgan fingerprint density at radius 1 is 1.69 bits per heavy atom. The molecule has 1 aromatic rings. The lowest BCUT2D eigenvalue weighted by Gasteiger charge is -2.15. The van der Waals surface area contributed by atoms with Crippen LogP contribution in [0.4, 0.5) is 0 Å². The fourth-order valence-electron chi connectivity index (χ4n) is 1.49. The molecule has 5 heteroatoms. The van der Waals surface area contributed by atoms with Gasteiger partial charge in [0.2, 0.25) is 0 Å². The highest BCUT2D eigenvalue weighted by atomic mass is 79.9.